The lowest BCUT2D eigenvalue weighted by molar-refractivity contribution is 0.102. The fourth-order valence-electron chi connectivity index (χ4n) is 2.43. The van der Waals surface area contributed by atoms with Gasteiger partial charge >= 0.3 is 0 Å². The van der Waals surface area contributed by atoms with E-state index in [1.807, 2.05) is 30.3 Å². The Labute approximate surface area is 147 Å². The van der Waals surface area contributed by atoms with Crippen LogP contribution >= 0.6 is 23.1 Å². The van der Waals surface area contributed by atoms with Gasteiger partial charge in [0, 0.05) is 22.6 Å². The van der Waals surface area contributed by atoms with E-state index in [-0.39, 0.29) is 12.7 Å². The van der Waals surface area contributed by atoms with Crippen molar-refractivity contribution in [2.24, 2.45) is 0 Å². The summed E-state index contributed by atoms with van der Waals surface area (Å²) in [6.45, 7) is 2.33. The molecule has 0 unspecified atom stereocenters. The van der Waals surface area contributed by atoms with E-state index in [1.54, 1.807) is 17.8 Å². The number of benzene rings is 2. The number of hydrogen-bond acceptors (Lipinski definition) is 6. The molecule has 0 bridgehead atoms. The molecule has 122 valence electrons. The molecular weight excluding hydrogens is 344 g/mol. The van der Waals surface area contributed by atoms with Gasteiger partial charge < -0.3 is 9.47 Å². The van der Waals surface area contributed by atoms with Crippen molar-refractivity contribution < 1.29 is 14.3 Å². The average molecular weight is 358 g/mol. The van der Waals surface area contributed by atoms with Crippen molar-refractivity contribution >= 4 is 44.4 Å². The van der Waals surface area contributed by atoms with Crippen LogP contribution in [0.1, 0.15) is 17.3 Å². The highest BCUT2D eigenvalue weighted by Crippen LogP contribution is 2.39. The van der Waals surface area contributed by atoms with Gasteiger partial charge in [-0.3, -0.25) is 10.1 Å². The third kappa shape index (κ3) is 2.92. The van der Waals surface area contributed by atoms with Crippen molar-refractivity contribution in [2.75, 3.05) is 17.9 Å². The van der Waals surface area contributed by atoms with Crippen LogP contribution in [0.2, 0.25) is 0 Å². The minimum Gasteiger partial charge on any atom is -0.454 e. The highest BCUT2D eigenvalue weighted by atomic mass is 32.2. The van der Waals surface area contributed by atoms with E-state index >= 15 is 0 Å². The Morgan fingerprint density at radius 3 is 2.96 bits per heavy atom. The normalized spacial score (nSPS) is 12.5. The lowest BCUT2D eigenvalue weighted by atomic mass is 10.2. The molecule has 1 N–H and O–H groups in total. The zero-order valence-corrected chi connectivity index (χ0v) is 14.5. The minimum atomic E-state index is -0.160. The predicted molar refractivity (Wildman–Crippen MR) is 96.5 cm³/mol. The molecule has 0 saturated carbocycles. The van der Waals surface area contributed by atoms with Gasteiger partial charge in [-0.2, -0.15) is 0 Å². The van der Waals surface area contributed by atoms with Gasteiger partial charge in [0.2, 0.25) is 6.79 Å². The first kappa shape index (κ1) is 15.3. The van der Waals surface area contributed by atoms with E-state index in [0.717, 1.165) is 20.9 Å². The molecule has 1 aliphatic rings. The van der Waals surface area contributed by atoms with E-state index in [0.29, 0.717) is 22.2 Å². The van der Waals surface area contributed by atoms with Crippen LogP contribution in [0.15, 0.2) is 41.3 Å². The molecule has 4 rings (SSSR count). The van der Waals surface area contributed by atoms with Crippen molar-refractivity contribution in [2.45, 2.75) is 11.8 Å². The summed E-state index contributed by atoms with van der Waals surface area (Å²) in [5.41, 5.74) is 1.41. The Hall–Kier alpha value is -2.25. The van der Waals surface area contributed by atoms with Gasteiger partial charge in [-0.05, 0) is 24.0 Å². The fraction of sp³-hybridized carbons (Fsp3) is 0.176. The number of rotatable bonds is 4. The van der Waals surface area contributed by atoms with Crippen molar-refractivity contribution in [3.8, 4) is 11.5 Å². The Kier molecular flexibility index (Phi) is 4.03. The molecule has 5 nitrogen and oxygen atoms in total. The summed E-state index contributed by atoms with van der Waals surface area (Å²) in [6.07, 6.45) is 0. The minimum absolute atomic E-state index is 0.160. The maximum Gasteiger partial charge on any atom is 0.257 e. The van der Waals surface area contributed by atoms with Crippen LogP contribution in [0.25, 0.3) is 10.2 Å². The summed E-state index contributed by atoms with van der Waals surface area (Å²) in [7, 11) is 0. The van der Waals surface area contributed by atoms with E-state index in [9.17, 15) is 4.79 Å². The lowest BCUT2D eigenvalue weighted by Gasteiger charge is -2.04. The number of nitrogens with one attached hydrogen (secondary N) is 1. The van der Waals surface area contributed by atoms with Crippen LogP contribution in [0.4, 0.5) is 5.13 Å². The highest BCUT2D eigenvalue weighted by molar-refractivity contribution is 7.99. The SMILES string of the molecule is CCSc1cccc(C(=O)Nc2nc3cc4c(cc3s2)OCO4)c1. The molecule has 0 atom stereocenters. The first-order chi connectivity index (χ1) is 11.7. The summed E-state index contributed by atoms with van der Waals surface area (Å²) in [5.74, 6) is 2.22. The molecule has 1 aromatic heterocycles. The van der Waals surface area contributed by atoms with Crippen LogP contribution in [0, 0.1) is 0 Å². The number of anilines is 1. The molecule has 0 aliphatic carbocycles. The Morgan fingerprint density at radius 1 is 1.29 bits per heavy atom. The van der Waals surface area contributed by atoms with Crippen LogP contribution in [0.5, 0.6) is 11.5 Å². The largest absolute Gasteiger partial charge is 0.454 e. The van der Waals surface area contributed by atoms with Crippen molar-refractivity contribution in [3.05, 3.63) is 42.0 Å². The second-order valence-electron chi connectivity index (χ2n) is 5.11. The number of nitrogens with zero attached hydrogens (tertiary/aromatic N) is 1. The zero-order chi connectivity index (χ0) is 16.5. The summed E-state index contributed by atoms with van der Waals surface area (Å²) >= 11 is 3.13. The summed E-state index contributed by atoms with van der Waals surface area (Å²) in [5, 5.41) is 3.43. The fourth-order valence-corrected chi connectivity index (χ4v) is 4.02. The lowest BCUT2D eigenvalue weighted by Crippen LogP contribution is -2.11. The Balaban J connectivity index is 1.57. The molecule has 0 saturated heterocycles. The Morgan fingerprint density at radius 2 is 2.12 bits per heavy atom. The molecule has 1 amide bonds. The molecule has 2 aromatic carbocycles. The van der Waals surface area contributed by atoms with E-state index < -0.39 is 0 Å². The Bertz CT molecular complexity index is 882. The summed E-state index contributed by atoms with van der Waals surface area (Å²) in [6, 6.07) is 11.3. The number of aromatic nitrogens is 1. The molecule has 0 fully saturated rings. The van der Waals surface area contributed by atoms with Crippen LogP contribution in [0.3, 0.4) is 0 Å². The standard InChI is InChI=1S/C17H14N2O3S2/c1-2-23-11-5-3-4-10(6-11)16(20)19-17-18-12-7-13-14(22-9-21-13)8-15(12)24-17/h3-8H,2,9H2,1H3,(H,18,19,20). The predicted octanol–water partition coefficient (Wildman–Crippen LogP) is 4.39. The summed E-state index contributed by atoms with van der Waals surface area (Å²) in [4.78, 5) is 18.0. The molecule has 2 heterocycles. The van der Waals surface area contributed by atoms with Gasteiger partial charge in [-0.15, -0.1) is 11.8 Å². The third-order valence-corrected chi connectivity index (χ3v) is 5.32. The van der Waals surface area contributed by atoms with Crippen molar-refractivity contribution in [3.63, 3.8) is 0 Å². The number of carbonyl (C=O) groups is 1. The number of carbonyl (C=O) groups excluding carboxylic acids is 1. The van der Waals surface area contributed by atoms with Gasteiger partial charge in [0.25, 0.3) is 5.91 Å². The molecule has 0 spiro atoms. The molecule has 1 aliphatic heterocycles. The van der Waals surface area contributed by atoms with Crippen molar-refractivity contribution in [1.82, 2.24) is 4.98 Å². The molecule has 0 radical (unpaired) electrons. The van der Waals surface area contributed by atoms with Gasteiger partial charge in [0.1, 0.15) is 0 Å². The topological polar surface area (TPSA) is 60.5 Å². The maximum absolute atomic E-state index is 12.4. The highest BCUT2D eigenvalue weighted by Gasteiger charge is 2.17. The molecule has 24 heavy (non-hydrogen) atoms. The van der Waals surface area contributed by atoms with Gasteiger partial charge in [-0.25, -0.2) is 4.98 Å². The number of amides is 1. The second kappa shape index (κ2) is 6.33. The second-order valence-corrected chi connectivity index (χ2v) is 7.48. The van der Waals surface area contributed by atoms with E-state index in [1.165, 1.54) is 11.3 Å². The first-order valence-electron chi connectivity index (χ1n) is 7.47. The number of thioether (sulfide) groups is 1. The molecule has 3 aromatic rings. The number of hydrogen-bond donors (Lipinski definition) is 1. The van der Waals surface area contributed by atoms with Crippen molar-refractivity contribution in [1.29, 1.82) is 0 Å². The monoisotopic (exact) mass is 358 g/mol. The molecular formula is C17H14N2O3S2. The number of ether oxygens (including phenoxy) is 2. The van der Waals surface area contributed by atoms with E-state index in [4.69, 9.17) is 9.47 Å². The smallest absolute Gasteiger partial charge is 0.257 e. The summed E-state index contributed by atoms with van der Waals surface area (Å²) < 4.78 is 11.7. The van der Waals surface area contributed by atoms with Gasteiger partial charge in [0.15, 0.2) is 16.6 Å². The van der Waals surface area contributed by atoms with Crippen LogP contribution in [-0.2, 0) is 0 Å². The third-order valence-electron chi connectivity index (χ3n) is 3.51. The van der Waals surface area contributed by atoms with Gasteiger partial charge in [-0.1, -0.05) is 24.3 Å². The quantitative estimate of drug-likeness (QED) is 0.701. The zero-order valence-electron chi connectivity index (χ0n) is 12.9. The van der Waals surface area contributed by atoms with Crippen LogP contribution < -0.4 is 14.8 Å². The van der Waals surface area contributed by atoms with E-state index in [2.05, 4.69) is 17.2 Å². The maximum atomic E-state index is 12.4. The first-order valence-corrected chi connectivity index (χ1v) is 9.27. The van der Waals surface area contributed by atoms with Gasteiger partial charge in [0.05, 0.1) is 10.2 Å². The average Bonchev–Trinajstić information content (AvgIpc) is 3.18. The number of fused-ring (bicyclic) bond motifs is 2. The van der Waals surface area contributed by atoms with Crippen LogP contribution in [-0.4, -0.2) is 23.4 Å². The molecule has 7 heteroatoms. The number of thiazole rings is 1.